The fourth-order valence-corrected chi connectivity index (χ4v) is 5.36. The number of rotatable bonds is 10. The van der Waals surface area contributed by atoms with Crippen molar-refractivity contribution in [2.75, 3.05) is 38.0 Å². The van der Waals surface area contributed by atoms with Crippen molar-refractivity contribution < 1.29 is 4.79 Å². The van der Waals surface area contributed by atoms with Crippen molar-refractivity contribution in [3.05, 3.63) is 107 Å². The molecule has 1 N–H and O–H groups in total. The summed E-state index contributed by atoms with van der Waals surface area (Å²) in [5, 5.41) is 5.28. The van der Waals surface area contributed by atoms with Gasteiger partial charge in [-0.1, -0.05) is 72.3 Å². The van der Waals surface area contributed by atoms with E-state index in [1.165, 1.54) is 12.8 Å². The summed E-state index contributed by atoms with van der Waals surface area (Å²) in [4.78, 5) is 22.6. The lowest BCUT2D eigenvalue weighted by Crippen LogP contribution is -2.42. The van der Waals surface area contributed by atoms with E-state index in [1.54, 1.807) is 6.20 Å². The summed E-state index contributed by atoms with van der Waals surface area (Å²) in [6.45, 7) is 3.87. The number of halogens is 1. The lowest BCUT2D eigenvalue weighted by molar-refractivity contribution is -0.134. The van der Waals surface area contributed by atoms with Crippen LogP contribution in [0.5, 0.6) is 0 Å². The normalized spacial score (nSPS) is 13.8. The number of hydrogen-bond donors (Lipinski definition) is 1. The minimum absolute atomic E-state index is 0.124. The standard InChI is InChI=1S/C31H33ClN4O/c32-26-14-15-27-28(16-18-34-29(27)22-26)33-17-9-21-36(30(37)23-35-19-7-8-20-35)31(24-10-3-1-4-11-24)25-12-5-2-6-13-25/h1-6,10-16,18,22,31H,7-9,17,19-21,23H2,(H,33,34). The van der Waals surface area contributed by atoms with E-state index in [1.807, 2.05) is 36.4 Å². The maximum Gasteiger partial charge on any atom is 0.237 e. The van der Waals surface area contributed by atoms with Crippen LogP contribution in [0.4, 0.5) is 5.69 Å². The highest BCUT2D eigenvalue weighted by atomic mass is 35.5. The second-order valence-corrected chi connectivity index (χ2v) is 10.0. The number of carbonyl (C=O) groups excluding carboxylic acids is 1. The second kappa shape index (κ2) is 12.2. The number of likely N-dealkylation sites (tertiary alicyclic amines) is 1. The topological polar surface area (TPSA) is 48.5 Å². The first-order valence-electron chi connectivity index (χ1n) is 13.1. The van der Waals surface area contributed by atoms with Gasteiger partial charge in [-0.3, -0.25) is 14.7 Å². The van der Waals surface area contributed by atoms with Gasteiger partial charge in [-0.05, 0) is 67.7 Å². The highest BCUT2D eigenvalue weighted by Gasteiger charge is 2.28. The first-order chi connectivity index (χ1) is 18.2. The van der Waals surface area contributed by atoms with Crippen LogP contribution in [0.3, 0.4) is 0 Å². The fourth-order valence-electron chi connectivity index (χ4n) is 5.19. The average molecular weight is 513 g/mol. The molecule has 1 saturated heterocycles. The Kier molecular flexibility index (Phi) is 8.34. The summed E-state index contributed by atoms with van der Waals surface area (Å²) in [5.41, 5.74) is 4.16. The van der Waals surface area contributed by atoms with Crippen LogP contribution in [0.2, 0.25) is 5.02 Å². The van der Waals surface area contributed by atoms with Gasteiger partial charge in [0.25, 0.3) is 0 Å². The van der Waals surface area contributed by atoms with Gasteiger partial charge in [-0.15, -0.1) is 0 Å². The van der Waals surface area contributed by atoms with Crippen molar-refractivity contribution in [1.29, 1.82) is 0 Å². The van der Waals surface area contributed by atoms with Gasteiger partial charge in [0.1, 0.15) is 0 Å². The number of anilines is 1. The van der Waals surface area contributed by atoms with Crippen molar-refractivity contribution in [2.45, 2.75) is 25.3 Å². The summed E-state index contributed by atoms with van der Waals surface area (Å²) in [6, 6.07) is 28.4. The molecule has 2 heterocycles. The molecule has 3 aromatic carbocycles. The molecule has 190 valence electrons. The SMILES string of the molecule is O=C(CN1CCCC1)N(CCCNc1ccnc2cc(Cl)ccc12)C(c1ccccc1)c1ccccc1. The molecule has 1 aromatic heterocycles. The second-order valence-electron chi connectivity index (χ2n) is 9.59. The van der Waals surface area contributed by atoms with E-state index in [4.69, 9.17) is 11.6 Å². The number of nitrogens with zero attached hydrogens (tertiary/aromatic N) is 3. The molecule has 0 unspecified atom stereocenters. The Hall–Kier alpha value is -3.41. The Balaban J connectivity index is 1.36. The minimum atomic E-state index is -0.124. The predicted molar refractivity (Wildman–Crippen MR) is 152 cm³/mol. The van der Waals surface area contributed by atoms with Crippen LogP contribution in [0.1, 0.15) is 36.4 Å². The van der Waals surface area contributed by atoms with Crippen LogP contribution in [0, 0.1) is 0 Å². The molecule has 0 radical (unpaired) electrons. The van der Waals surface area contributed by atoms with E-state index in [9.17, 15) is 4.79 Å². The zero-order valence-electron chi connectivity index (χ0n) is 21.0. The van der Waals surface area contributed by atoms with E-state index in [2.05, 4.69) is 68.6 Å². The van der Waals surface area contributed by atoms with Gasteiger partial charge in [-0.25, -0.2) is 0 Å². The van der Waals surface area contributed by atoms with Crippen molar-refractivity contribution in [1.82, 2.24) is 14.8 Å². The highest BCUT2D eigenvalue weighted by Crippen LogP contribution is 2.30. The number of hydrogen-bond acceptors (Lipinski definition) is 4. The van der Waals surface area contributed by atoms with E-state index in [0.29, 0.717) is 18.1 Å². The smallest absolute Gasteiger partial charge is 0.237 e. The number of amides is 1. The molecule has 37 heavy (non-hydrogen) atoms. The van der Waals surface area contributed by atoms with Gasteiger partial charge in [0.15, 0.2) is 0 Å². The molecule has 1 aliphatic heterocycles. The molecule has 0 atom stereocenters. The molecule has 1 aliphatic rings. The Labute approximate surface area is 224 Å². The molecule has 0 bridgehead atoms. The number of aromatic nitrogens is 1. The highest BCUT2D eigenvalue weighted by molar-refractivity contribution is 6.31. The van der Waals surface area contributed by atoms with Crippen LogP contribution >= 0.6 is 11.6 Å². The Morgan fingerprint density at radius 2 is 1.62 bits per heavy atom. The average Bonchev–Trinajstić information content (AvgIpc) is 3.44. The molecule has 1 fully saturated rings. The molecular weight excluding hydrogens is 480 g/mol. The maximum atomic E-state index is 13.8. The molecule has 0 saturated carbocycles. The van der Waals surface area contributed by atoms with Crippen LogP contribution < -0.4 is 5.32 Å². The third kappa shape index (κ3) is 6.30. The van der Waals surface area contributed by atoms with Gasteiger partial charge in [0.2, 0.25) is 5.91 Å². The zero-order chi connectivity index (χ0) is 25.5. The lowest BCUT2D eigenvalue weighted by Gasteiger charge is -2.34. The number of nitrogens with one attached hydrogen (secondary N) is 1. The number of pyridine rings is 1. The molecule has 0 aliphatic carbocycles. The summed E-state index contributed by atoms with van der Waals surface area (Å²) in [5.74, 6) is 0.184. The van der Waals surface area contributed by atoms with Crippen molar-refractivity contribution in [2.24, 2.45) is 0 Å². The Morgan fingerprint density at radius 3 is 2.30 bits per heavy atom. The number of carbonyl (C=O) groups is 1. The summed E-state index contributed by atoms with van der Waals surface area (Å²) in [6.07, 6.45) is 4.96. The van der Waals surface area contributed by atoms with Gasteiger partial charge >= 0.3 is 0 Å². The third-order valence-electron chi connectivity index (χ3n) is 7.02. The van der Waals surface area contributed by atoms with Crippen LogP contribution in [0.15, 0.2) is 91.1 Å². The van der Waals surface area contributed by atoms with Gasteiger partial charge in [0.05, 0.1) is 18.1 Å². The van der Waals surface area contributed by atoms with Gasteiger partial charge in [0, 0.05) is 35.4 Å². The Morgan fingerprint density at radius 1 is 0.946 bits per heavy atom. The summed E-state index contributed by atoms with van der Waals surface area (Å²) in [7, 11) is 0. The van der Waals surface area contributed by atoms with Crippen molar-refractivity contribution >= 4 is 34.1 Å². The molecular formula is C31H33ClN4O. The fraction of sp³-hybridized carbons (Fsp3) is 0.290. The van der Waals surface area contributed by atoms with Crippen molar-refractivity contribution in [3.8, 4) is 0 Å². The van der Waals surface area contributed by atoms with Gasteiger partial charge < -0.3 is 10.2 Å². The van der Waals surface area contributed by atoms with Crippen LogP contribution in [0.25, 0.3) is 10.9 Å². The monoisotopic (exact) mass is 512 g/mol. The molecule has 1 amide bonds. The minimum Gasteiger partial charge on any atom is -0.384 e. The van der Waals surface area contributed by atoms with E-state index < -0.39 is 0 Å². The first-order valence-corrected chi connectivity index (χ1v) is 13.5. The number of benzene rings is 3. The lowest BCUT2D eigenvalue weighted by atomic mass is 9.96. The molecule has 0 spiro atoms. The largest absolute Gasteiger partial charge is 0.384 e. The molecule has 5 nitrogen and oxygen atoms in total. The molecule has 6 heteroatoms. The third-order valence-corrected chi connectivity index (χ3v) is 7.25. The number of fused-ring (bicyclic) bond motifs is 1. The van der Waals surface area contributed by atoms with Crippen LogP contribution in [-0.4, -0.2) is 53.4 Å². The first kappa shape index (κ1) is 25.2. The zero-order valence-corrected chi connectivity index (χ0v) is 21.8. The molecule has 5 rings (SSSR count). The van der Waals surface area contributed by atoms with E-state index in [0.717, 1.165) is 53.8 Å². The Bertz CT molecular complexity index is 1270. The maximum absolute atomic E-state index is 13.8. The molecule has 4 aromatic rings. The van der Waals surface area contributed by atoms with E-state index in [-0.39, 0.29) is 11.9 Å². The predicted octanol–water partition coefficient (Wildman–Crippen LogP) is 6.40. The summed E-state index contributed by atoms with van der Waals surface area (Å²) < 4.78 is 0. The summed E-state index contributed by atoms with van der Waals surface area (Å²) >= 11 is 6.15. The van der Waals surface area contributed by atoms with E-state index >= 15 is 0 Å². The van der Waals surface area contributed by atoms with Gasteiger partial charge in [-0.2, -0.15) is 0 Å². The quantitative estimate of drug-likeness (QED) is 0.250. The van der Waals surface area contributed by atoms with Crippen molar-refractivity contribution in [3.63, 3.8) is 0 Å². The van der Waals surface area contributed by atoms with Crippen LogP contribution in [-0.2, 0) is 4.79 Å².